The first-order valence-electron chi connectivity index (χ1n) is 3.84. The molecule has 0 aliphatic rings. The van der Waals surface area contributed by atoms with Gasteiger partial charge in [-0.3, -0.25) is 4.79 Å². The molecule has 0 rings (SSSR count). The summed E-state index contributed by atoms with van der Waals surface area (Å²) < 4.78 is 4.39. The van der Waals surface area contributed by atoms with Gasteiger partial charge in [-0.25, -0.2) is 4.79 Å². The molecule has 12 heavy (non-hydrogen) atoms. The van der Waals surface area contributed by atoms with E-state index < -0.39 is 6.09 Å². The van der Waals surface area contributed by atoms with Crippen LogP contribution < -0.4 is 5.32 Å². The van der Waals surface area contributed by atoms with Crippen LogP contribution in [0.2, 0.25) is 0 Å². The molecular weight excluding hydrogens is 158 g/mol. The highest BCUT2D eigenvalue weighted by Gasteiger charge is 2.18. The lowest BCUT2D eigenvalue weighted by molar-refractivity contribution is -0.120. The van der Waals surface area contributed by atoms with Gasteiger partial charge in [0.05, 0.1) is 7.11 Å². The number of carbonyl (C=O) groups excluding carboxylic acids is 2. The van der Waals surface area contributed by atoms with Crippen molar-refractivity contribution >= 4 is 11.9 Å². The number of rotatable bonds is 3. The molecule has 0 aromatic carbocycles. The predicted octanol–water partition coefficient (Wildman–Crippen LogP) is 0.956. The average Bonchev–Trinajstić information content (AvgIpc) is 2.02. The maximum absolute atomic E-state index is 10.9. The summed E-state index contributed by atoms with van der Waals surface area (Å²) in [6.07, 6.45) is -0.504. The van der Waals surface area contributed by atoms with E-state index in [1.807, 2.05) is 0 Å². The van der Waals surface area contributed by atoms with Crippen molar-refractivity contribution < 1.29 is 14.3 Å². The Balaban J connectivity index is 3.94. The highest BCUT2D eigenvalue weighted by molar-refractivity contribution is 5.79. The predicted molar refractivity (Wildman–Crippen MR) is 44.8 cm³/mol. The monoisotopic (exact) mass is 173 g/mol. The Labute approximate surface area is 72.3 Å². The van der Waals surface area contributed by atoms with Gasteiger partial charge in [0, 0.05) is 12.0 Å². The fourth-order valence-electron chi connectivity index (χ4n) is 0.722. The highest BCUT2D eigenvalue weighted by atomic mass is 16.5. The number of amides is 1. The van der Waals surface area contributed by atoms with Crippen molar-refractivity contribution in [2.24, 2.45) is 5.92 Å². The molecule has 0 fully saturated rings. The summed E-state index contributed by atoms with van der Waals surface area (Å²) in [5.74, 6) is -0.122. The second-order valence-electron chi connectivity index (χ2n) is 2.82. The van der Waals surface area contributed by atoms with E-state index in [9.17, 15) is 9.59 Å². The first-order chi connectivity index (χ1) is 5.49. The molecule has 0 aliphatic carbocycles. The third kappa shape index (κ3) is 3.37. The van der Waals surface area contributed by atoms with Crippen molar-refractivity contribution in [3.63, 3.8) is 0 Å². The van der Waals surface area contributed by atoms with Gasteiger partial charge < -0.3 is 10.1 Å². The van der Waals surface area contributed by atoms with Gasteiger partial charge in [0.2, 0.25) is 0 Å². The normalized spacial score (nSPS) is 14.7. The van der Waals surface area contributed by atoms with Crippen LogP contribution in [-0.4, -0.2) is 25.0 Å². The molecule has 0 spiro atoms. The first-order valence-corrected chi connectivity index (χ1v) is 3.84. The molecule has 0 aromatic rings. The number of Topliss-reactive ketones (excluding diaryl/α,β-unsaturated/α-hetero) is 1. The van der Waals surface area contributed by atoms with Crippen LogP contribution in [0.1, 0.15) is 20.8 Å². The van der Waals surface area contributed by atoms with Gasteiger partial charge in [-0.05, 0) is 13.8 Å². The molecule has 70 valence electrons. The van der Waals surface area contributed by atoms with Crippen LogP contribution in [0, 0.1) is 5.92 Å². The Morgan fingerprint density at radius 1 is 1.33 bits per heavy atom. The van der Waals surface area contributed by atoms with E-state index in [0.29, 0.717) is 0 Å². The van der Waals surface area contributed by atoms with Crippen molar-refractivity contribution in [1.29, 1.82) is 0 Å². The lowest BCUT2D eigenvalue weighted by Gasteiger charge is -2.17. The zero-order chi connectivity index (χ0) is 9.72. The average molecular weight is 173 g/mol. The molecule has 2 unspecified atom stereocenters. The van der Waals surface area contributed by atoms with E-state index in [2.05, 4.69) is 10.1 Å². The number of alkyl carbamates (subject to hydrolysis) is 1. The molecule has 4 heteroatoms. The van der Waals surface area contributed by atoms with E-state index in [4.69, 9.17) is 0 Å². The third-order valence-electron chi connectivity index (χ3n) is 1.92. The van der Waals surface area contributed by atoms with Gasteiger partial charge in [0.1, 0.15) is 5.78 Å². The second-order valence-corrected chi connectivity index (χ2v) is 2.82. The Hall–Kier alpha value is -1.06. The summed E-state index contributed by atoms with van der Waals surface area (Å²) in [6, 6.07) is -0.185. The number of hydrogen-bond acceptors (Lipinski definition) is 3. The lowest BCUT2D eigenvalue weighted by atomic mass is 10.00. The number of methoxy groups -OCH3 is 1. The maximum atomic E-state index is 10.9. The highest BCUT2D eigenvalue weighted by Crippen LogP contribution is 2.03. The minimum Gasteiger partial charge on any atom is -0.453 e. The molecule has 1 amide bonds. The van der Waals surface area contributed by atoms with Crippen molar-refractivity contribution in [1.82, 2.24) is 5.32 Å². The molecule has 4 nitrogen and oxygen atoms in total. The van der Waals surface area contributed by atoms with E-state index in [0.717, 1.165) is 0 Å². The molecule has 0 aromatic heterocycles. The molecule has 0 heterocycles. The zero-order valence-corrected chi connectivity index (χ0v) is 7.88. The minimum atomic E-state index is -0.504. The molecule has 0 saturated heterocycles. The number of hydrogen-bond donors (Lipinski definition) is 1. The first kappa shape index (κ1) is 10.9. The summed E-state index contributed by atoms with van der Waals surface area (Å²) in [6.45, 7) is 5.03. The van der Waals surface area contributed by atoms with Crippen LogP contribution in [0.4, 0.5) is 4.79 Å². The van der Waals surface area contributed by atoms with Crippen molar-refractivity contribution in [2.75, 3.05) is 7.11 Å². The smallest absolute Gasteiger partial charge is 0.407 e. The largest absolute Gasteiger partial charge is 0.453 e. The molecule has 1 N–H and O–H groups in total. The SMILES string of the molecule is COC(=O)NC(C)C(C)C(C)=O. The fourth-order valence-corrected chi connectivity index (χ4v) is 0.722. The van der Waals surface area contributed by atoms with Crippen molar-refractivity contribution in [3.8, 4) is 0 Å². The van der Waals surface area contributed by atoms with Crippen LogP contribution in [0.5, 0.6) is 0 Å². The van der Waals surface area contributed by atoms with Gasteiger partial charge in [0.25, 0.3) is 0 Å². The Kier molecular flexibility index (Phi) is 4.33. The second kappa shape index (κ2) is 4.74. The molecule has 0 saturated carbocycles. The van der Waals surface area contributed by atoms with Gasteiger partial charge in [-0.2, -0.15) is 0 Å². The molecule has 0 radical (unpaired) electrons. The number of carbonyl (C=O) groups is 2. The van der Waals surface area contributed by atoms with Crippen molar-refractivity contribution in [2.45, 2.75) is 26.8 Å². The summed E-state index contributed by atoms with van der Waals surface area (Å²) in [5.41, 5.74) is 0. The molecule has 0 aliphatic heterocycles. The van der Waals surface area contributed by atoms with E-state index >= 15 is 0 Å². The molecular formula is C8H15NO3. The van der Waals surface area contributed by atoms with Crippen molar-refractivity contribution in [3.05, 3.63) is 0 Å². The molecule has 2 atom stereocenters. The Morgan fingerprint density at radius 2 is 1.83 bits per heavy atom. The van der Waals surface area contributed by atoms with Gasteiger partial charge in [-0.1, -0.05) is 6.92 Å². The lowest BCUT2D eigenvalue weighted by Crippen LogP contribution is -2.39. The van der Waals surface area contributed by atoms with Gasteiger partial charge >= 0.3 is 6.09 Å². The minimum absolute atomic E-state index is 0.0545. The summed E-state index contributed by atoms with van der Waals surface area (Å²) in [7, 11) is 1.29. The summed E-state index contributed by atoms with van der Waals surface area (Å²) >= 11 is 0. The van der Waals surface area contributed by atoms with Crippen LogP contribution in [0.3, 0.4) is 0 Å². The molecule has 0 bridgehead atoms. The topological polar surface area (TPSA) is 55.4 Å². The zero-order valence-electron chi connectivity index (χ0n) is 7.88. The fraction of sp³-hybridized carbons (Fsp3) is 0.750. The van der Waals surface area contributed by atoms with Gasteiger partial charge in [0.15, 0.2) is 0 Å². The van der Waals surface area contributed by atoms with E-state index in [1.165, 1.54) is 14.0 Å². The van der Waals surface area contributed by atoms with Gasteiger partial charge in [-0.15, -0.1) is 0 Å². The Bertz CT molecular complexity index is 179. The van der Waals surface area contributed by atoms with E-state index in [-0.39, 0.29) is 17.7 Å². The maximum Gasteiger partial charge on any atom is 0.407 e. The standard InChI is InChI=1S/C8H15NO3/c1-5(7(3)10)6(2)9-8(11)12-4/h5-6H,1-4H3,(H,9,11). The van der Waals surface area contributed by atoms with Crippen LogP contribution in [-0.2, 0) is 9.53 Å². The summed E-state index contributed by atoms with van der Waals surface area (Å²) in [4.78, 5) is 21.6. The third-order valence-corrected chi connectivity index (χ3v) is 1.92. The number of nitrogens with one attached hydrogen (secondary N) is 1. The summed E-state index contributed by atoms with van der Waals surface area (Å²) in [5, 5.41) is 2.53. The van der Waals surface area contributed by atoms with Crippen LogP contribution in [0.25, 0.3) is 0 Å². The quantitative estimate of drug-likeness (QED) is 0.691. The van der Waals surface area contributed by atoms with Crippen LogP contribution >= 0.6 is 0 Å². The number of ketones is 1. The Morgan fingerprint density at radius 3 is 2.17 bits per heavy atom. The number of ether oxygens (including phenoxy) is 1. The van der Waals surface area contributed by atoms with Crippen LogP contribution in [0.15, 0.2) is 0 Å². The van der Waals surface area contributed by atoms with E-state index in [1.54, 1.807) is 13.8 Å².